The molecular formula is C31H35F2N3O3. The van der Waals surface area contributed by atoms with E-state index in [1.165, 1.54) is 42.8 Å². The van der Waals surface area contributed by atoms with Crippen molar-refractivity contribution in [2.75, 3.05) is 0 Å². The summed E-state index contributed by atoms with van der Waals surface area (Å²) in [6.45, 7) is 0. The van der Waals surface area contributed by atoms with Crippen LogP contribution in [0.2, 0.25) is 0 Å². The number of fused-ring (bicyclic) bond motifs is 1. The van der Waals surface area contributed by atoms with Crippen molar-refractivity contribution in [2.24, 2.45) is 0 Å². The molecule has 2 aliphatic rings. The molecule has 5 rings (SSSR count). The average Bonchev–Trinajstić information content (AvgIpc) is 3.20. The smallest absolute Gasteiger partial charge is 0.326 e. The zero-order chi connectivity index (χ0) is 27.4. The predicted octanol–water partition coefficient (Wildman–Crippen LogP) is 6.14. The van der Waals surface area contributed by atoms with Crippen molar-refractivity contribution < 1.29 is 23.5 Å². The van der Waals surface area contributed by atoms with Crippen LogP contribution < -0.4 is 5.32 Å². The zero-order valence-corrected chi connectivity index (χ0v) is 22.0. The normalized spacial score (nSPS) is 18.7. The average molecular weight is 536 g/mol. The Kier molecular flexibility index (Phi) is 8.38. The molecule has 0 radical (unpaired) electrons. The van der Waals surface area contributed by atoms with Crippen LogP contribution in [-0.4, -0.2) is 32.8 Å². The summed E-state index contributed by atoms with van der Waals surface area (Å²) >= 11 is 0. The number of nitrogens with one attached hydrogen (secondary N) is 1. The number of carboxylic acids is 1. The van der Waals surface area contributed by atoms with Gasteiger partial charge in [-0.2, -0.15) is 5.10 Å². The number of aromatic nitrogens is 2. The molecule has 1 unspecified atom stereocenters. The van der Waals surface area contributed by atoms with Crippen LogP contribution in [0.25, 0.3) is 0 Å². The van der Waals surface area contributed by atoms with E-state index in [1.54, 1.807) is 0 Å². The number of hydrogen-bond acceptors (Lipinski definition) is 3. The predicted molar refractivity (Wildman–Crippen MR) is 144 cm³/mol. The van der Waals surface area contributed by atoms with Gasteiger partial charge in [-0.3, -0.25) is 9.48 Å². The fraction of sp³-hybridized carbons (Fsp3) is 0.452. The van der Waals surface area contributed by atoms with Crippen LogP contribution >= 0.6 is 0 Å². The first-order chi connectivity index (χ1) is 18.9. The Morgan fingerprint density at radius 2 is 1.51 bits per heavy atom. The van der Waals surface area contributed by atoms with Crippen molar-refractivity contribution in [1.82, 2.24) is 15.1 Å². The Bertz CT molecular complexity index is 1300. The molecule has 39 heavy (non-hydrogen) atoms. The van der Waals surface area contributed by atoms with Gasteiger partial charge in [0.05, 0.1) is 6.04 Å². The van der Waals surface area contributed by atoms with Crippen LogP contribution in [0.5, 0.6) is 0 Å². The Labute approximate surface area is 227 Å². The second-order valence-corrected chi connectivity index (χ2v) is 10.9. The highest BCUT2D eigenvalue weighted by molar-refractivity contribution is 5.96. The van der Waals surface area contributed by atoms with Gasteiger partial charge in [0.15, 0.2) is 5.69 Å². The zero-order valence-electron chi connectivity index (χ0n) is 22.0. The van der Waals surface area contributed by atoms with Gasteiger partial charge in [-0.05, 0) is 73.9 Å². The number of hydrogen-bond donors (Lipinski definition) is 2. The van der Waals surface area contributed by atoms with E-state index in [9.17, 15) is 23.5 Å². The van der Waals surface area contributed by atoms with E-state index in [4.69, 9.17) is 5.10 Å². The van der Waals surface area contributed by atoms with Gasteiger partial charge in [0, 0.05) is 23.6 Å². The van der Waals surface area contributed by atoms with Crippen molar-refractivity contribution in [3.8, 4) is 0 Å². The standard InChI is InChI=1S/C31H35F2N3O3/c32-23-14-10-20(11-15-23)18-22-6-4-5-9-26-28(35-36(29(22)26)25-7-2-1-3-8-25)30(37)34-27(31(38)39)19-21-12-16-24(33)17-13-21/h10-17,22,25,27H,1-9,18-19H2,(H,34,37)(H,38,39)/t22?,27-/m0/s1. The van der Waals surface area contributed by atoms with E-state index < -0.39 is 23.7 Å². The van der Waals surface area contributed by atoms with Crippen LogP contribution in [-0.2, 0) is 24.1 Å². The van der Waals surface area contributed by atoms with Gasteiger partial charge in [0.1, 0.15) is 17.7 Å². The number of halogens is 2. The maximum atomic E-state index is 13.6. The van der Waals surface area contributed by atoms with Crippen LogP contribution in [0.15, 0.2) is 48.5 Å². The third-order valence-corrected chi connectivity index (χ3v) is 8.15. The monoisotopic (exact) mass is 535 g/mol. The minimum Gasteiger partial charge on any atom is -0.480 e. The van der Waals surface area contributed by atoms with E-state index in [1.807, 2.05) is 12.1 Å². The van der Waals surface area contributed by atoms with Gasteiger partial charge in [-0.15, -0.1) is 0 Å². The largest absolute Gasteiger partial charge is 0.480 e. The molecule has 1 fully saturated rings. The number of benzene rings is 2. The number of carboxylic acid groups (broad SMARTS) is 1. The summed E-state index contributed by atoms with van der Waals surface area (Å²) < 4.78 is 29.0. The number of carbonyl (C=O) groups excluding carboxylic acids is 1. The molecule has 2 N–H and O–H groups in total. The molecule has 1 aromatic heterocycles. The number of aliphatic carboxylic acids is 1. The molecule has 1 saturated carbocycles. The molecule has 2 aliphatic carbocycles. The lowest BCUT2D eigenvalue weighted by molar-refractivity contribution is -0.139. The molecule has 0 saturated heterocycles. The molecule has 0 spiro atoms. The van der Waals surface area contributed by atoms with Gasteiger partial charge < -0.3 is 10.4 Å². The van der Waals surface area contributed by atoms with Crippen LogP contribution in [0, 0.1) is 11.6 Å². The van der Waals surface area contributed by atoms with Gasteiger partial charge in [-0.25, -0.2) is 13.6 Å². The maximum Gasteiger partial charge on any atom is 0.326 e. The summed E-state index contributed by atoms with van der Waals surface area (Å²) in [7, 11) is 0. The molecule has 0 aliphatic heterocycles. The molecule has 2 atom stereocenters. The summed E-state index contributed by atoms with van der Waals surface area (Å²) in [5.41, 5.74) is 3.97. The van der Waals surface area contributed by atoms with Gasteiger partial charge >= 0.3 is 5.97 Å². The van der Waals surface area contributed by atoms with Gasteiger partial charge in [0.2, 0.25) is 0 Å². The van der Waals surface area contributed by atoms with Crippen molar-refractivity contribution in [2.45, 2.75) is 88.6 Å². The number of amides is 1. The summed E-state index contributed by atoms with van der Waals surface area (Å²) in [5.74, 6) is -2.17. The molecule has 1 heterocycles. The quantitative estimate of drug-likeness (QED) is 0.339. The molecule has 3 aromatic rings. The molecule has 2 aromatic carbocycles. The van der Waals surface area contributed by atoms with Crippen molar-refractivity contribution in [3.63, 3.8) is 0 Å². The highest BCUT2D eigenvalue weighted by atomic mass is 19.1. The lowest BCUT2D eigenvalue weighted by Gasteiger charge is -2.27. The van der Waals surface area contributed by atoms with E-state index in [0.717, 1.165) is 68.2 Å². The molecule has 8 heteroatoms. The first kappa shape index (κ1) is 27.0. The number of carbonyl (C=O) groups is 2. The van der Waals surface area contributed by atoms with Crippen LogP contribution in [0.3, 0.4) is 0 Å². The molecule has 206 valence electrons. The highest BCUT2D eigenvalue weighted by Crippen LogP contribution is 2.39. The molecule has 1 amide bonds. The third-order valence-electron chi connectivity index (χ3n) is 8.15. The first-order valence-electron chi connectivity index (χ1n) is 14.0. The molecular weight excluding hydrogens is 500 g/mol. The molecule has 0 bridgehead atoms. The van der Waals surface area contributed by atoms with Gasteiger partial charge in [0.25, 0.3) is 5.91 Å². The minimum atomic E-state index is -1.17. The molecule has 6 nitrogen and oxygen atoms in total. The second-order valence-electron chi connectivity index (χ2n) is 10.9. The maximum absolute atomic E-state index is 13.6. The van der Waals surface area contributed by atoms with E-state index in [-0.39, 0.29) is 24.2 Å². The fourth-order valence-corrected chi connectivity index (χ4v) is 6.16. The summed E-state index contributed by atoms with van der Waals surface area (Å²) in [6.07, 6.45) is 9.78. The van der Waals surface area contributed by atoms with Crippen molar-refractivity contribution >= 4 is 11.9 Å². The number of rotatable bonds is 8. The highest BCUT2D eigenvalue weighted by Gasteiger charge is 2.34. The summed E-state index contributed by atoms with van der Waals surface area (Å²) in [6, 6.07) is 11.3. The second kappa shape index (κ2) is 12.1. The van der Waals surface area contributed by atoms with Crippen molar-refractivity contribution in [3.05, 3.63) is 88.2 Å². The van der Waals surface area contributed by atoms with E-state index in [0.29, 0.717) is 17.7 Å². The lowest BCUT2D eigenvalue weighted by atomic mass is 9.89. The van der Waals surface area contributed by atoms with Crippen LogP contribution in [0.4, 0.5) is 8.78 Å². The minimum absolute atomic E-state index is 0.0417. The Morgan fingerprint density at radius 1 is 0.897 bits per heavy atom. The SMILES string of the molecule is O=C(N[C@@H](Cc1ccc(F)cc1)C(=O)O)c1nn(C2CCCCC2)c2c1CCCCC2Cc1ccc(F)cc1. The van der Waals surface area contributed by atoms with Crippen molar-refractivity contribution in [1.29, 1.82) is 0 Å². The lowest BCUT2D eigenvalue weighted by Crippen LogP contribution is -2.42. The Balaban J connectivity index is 1.47. The Hall–Kier alpha value is -3.55. The van der Waals surface area contributed by atoms with E-state index >= 15 is 0 Å². The van der Waals surface area contributed by atoms with Gasteiger partial charge in [-0.1, -0.05) is 49.9 Å². The first-order valence-corrected chi connectivity index (χ1v) is 14.0. The summed E-state index contributed by atoms with van der Waals surface area (Å²) in [4.78, 5) is 25.7. The van der Waals surface area contributed by atoms with Crippen LogP contribution in [0.1, 0.15) is 96.2 Å². The Morgan fingerprint density at radius 3 is 2.15 bits per heavy atom. The topological polar surface area (TPSA) is 84.2 Å². The number of nitrogens with zero attached hydrogens (tertiary/aromatic N) is 2. The van der Waals surface area contributed by atoms with E-state index in [2.05, 4.69) is 10.00 Å². The summed E-state index contributed by atoms with van der Waals surface area (Å²) in [5, 5.41) is 17.5. The fourth-order valence-electron chi connectivity index (χ4n) is 6.16. The third kappa shape index (κ3) is 6.37.